The van der Waals surface area contributed by atoms with E-state index in [-0.39, 0.29) is 5.41 Å². The van der Waals surface area contributed by atoms with E-state index < -0.39 is 5.41 Å². The van der Waals surface area contributed by atoms with Gasteiger partial charge in [0.25, 0.3) is 0 Å². The van der Waals surface area contributed by atoms with Gasteiger partial charge in [0, 0.05) is 42.6 Å². The molecule has 3 aliphatic rings. The van der Waals surface area contributed by atoms with E-state index in [9.17, 15) is 0 Å². The first-order valence-corrected chi connectivity index (χ1v) is 23.9. The Kier molecular flexibility index (Phi) is 7.89. The molecule has 1 aromatic heterocycles. The van der Waals surface area contributed by atoms with Crippen LogP contribution in [0.2, 0.25) is 0 Å². The molecule has 14 rings (SSSR count). The fourth-order valence-corrected chi connectivity index (χ4v) is 13.4. The van der Waals surface area contributed by atoms with Crippen molar-refractivity contribution in [2.24, 2.45) is 0 Å². The molecule has 0 fully saturated rings. The summed E-state index contributed by atoms with van der Waals surface area (Å²) in [6.07, 6.45) is 0. The molecule has 66 heavy (non-hydrogen) atoms. The van der Waals surface area contributed by atoms with Gasteiger partial charge in [0.05, 0.1) is 5.41 Å². The van der Waals surface area contributed by atoms with E-state index in [0.29, 0.717) is 0 Å². The predicted molar refractivity (Wildman–Crippen MR) is 279 cm³/mol. The van der Waals surface area contributed by atoms with Crippen molar-refractivity contribution in [3.8, 4) is 55.6 Å². The summed E-state index contributed by atoms with van der Waals surface area (Å²) < 4.78 is 2.66. The predicted octanol–water partition coefficient (Wildman–Crippen LogP) is 17.5. The monoisotopic (exact) mass is 857 g/mol. The van der Waals surface area contributed by atoms with Crippen LogP contribution in [0.4, 0.5) is 17.1 Å². The number of nitrogens with zero attached hydrogens (tertiary/aromatic N) is 1. The molecule has 2 heteroatoms. The summed E-state index contributed by atoms with van der Waals surface area (Å²) in [6, 6.07) is 84.4. The van der Waals surface area contributed by atoms with E-state index in [0.717, 1.165) is 17.1 Å². The van der Waals surface area contributed by atoms with Crippen LogP contribution in [0.3, 0.4) is 0 Å². The highest BCUT2D eigenvalue weighted by molar-refractivity contribution is 7.26. The molecule has 3 aliphatic carbocycles. The maximum Gasteiger partial charge on any atom is 0.0725 e. The SMILES string of the molecule is CC1(C)c2ccccc2-c2ccc(N(c3ccc(-c4cccc5c4sc4ccccc45)cc3)c3ccc4c(c3)-c3ccccc3C43c4ccccc4-c4cc(-c5ccccc5)ccc43)cc21. The minimum atomic E-state index is -0.435. The molecular weight excluding hydrogens is 815 g/mol. The Hall–Kier alpha value is -7.78. The zero-order valence-electron chi connectivity index (χ0n) is 36.7. The molecule has 0 bridgehead atoms. The van der Waals surface area contributed by atoms with Crippen LogP contribution >= 0.6 is 11.3 Å². The van der Waals surface area contributed by atoms with Crippen molar-refractivity contribution in [1.29, 1.82) is 0 Å². The third-order valence-electron chi connectivity index (χ3n) is 15.1. The molecule has 1 nitrogen and oxygen atoms in total. The number of rotatable bonds is 5. The van der Waals surface area contributed by atoms with Crippen LogP contribution < -0.4 is 4.90 Å². The molecule has 1 atom stereocenters. The Morgan fingerprint density at radius 2 is 0.833 bits per heavy atom. The number of hydrogen-bond acceptors (Lipinski definition) is 2. The molecule has 1 spiro atoms. The molecule has 0 saturated carbocycles. The van der Waals surface area contributed by atoms with Crippen molar-refractivity contribution < 1.29 is 0 Å². The van der Waals surface area contributed by atoms with Gasteiger partial charge in [-0.15, -0.1) is 11.3 Å². The van der Waals surface area contributed by atoms with E-state index in [1.807, 2.05) is 11.3 Å². The lowest BCUT2D eigenvalue weighted by molar-refractivity contribution is 0.660. The largest absolute Gasteiger partial charge is 0.310 e. The third-order valence-corrected chi connectivity index (χ3v) is 16.3. The van der Waals surface area contributed by atoms with Crippen LogP contribution in [0.1, 0.15) is 47.2 Å². The second kappa shape index (κ2) is 13.9. The maximum atomic E-state index is 2.49. The Bertz CT molecular complexity index is 3800. The highest BCUT2D eigenvalue weighted by Gasteiger charge is 2.51. The zero-order chi connectivity index (χ0) is 43.7. The van der Waals surface area contributed by atoms with Gasteiger partial charge in [0.2, 0.25) is 0 Å². The molecule has 0 aliphatic heterocycles. The van der Waals surface area contributed by atoms with E-state index in [1.165, 1.54) is 109 Å². The van der Waals surface area contributed by atoms with Gasteiger partial charge in [0.15, 0.2) is 0 Å². The van der Waals surface area contributed by atoms with E-state index in [4.69, 9.17) is 0 Å². The van der Waals surface area contributed by atoms with Gasteiger partial charge in [0.1, 0.15) is 0 Å². The lowest BCUT2D eigenvalue weighted by Crippen LogP contribution is -2.25. The summed E-state index contributed by atoms with van der Waals surface area (Å²) in [4.78, 5) is 2.49. The Balaban J connectivity index is 0.959. The Morgan fingerprint density at radius 3 is 1.59 bits per heavy atom. The fraction of sp³-hybridized carbons (Fsp3) is 0.0625. The first-order valence-electron chi connectivity index (χ1n) is 23.1. The van der Waals surface area contributed by atoms with Crippen molar-refractivity contribution in [3.05, 3.63) is 258 Å². The third kappa shape index (κ3) is 5.11. The van der Waals surface area contributed by atoms with Crippen molar-refractivity contribution in [3.63, 3.8) is 0 Å². The molecular formula is C64H43NS. The second-order valence-corrected chi connectivity index (χ2v) is 19.8. The maximum absolute atomic E-state index is 2.49. The van der Waals surface area contributed by atoms with E-state index >= 15 is 0 Å². The molecule has 0 amide bonds. The van der Waals surface area contributed by atoms with Crippen molar-refractivity contribution in [2.75, 3.05) is 4.90 Å². The van der Waals surface area contributed by atoms with Crippen LogP contribution in [0.25, 0.3) is 75.8 Å². The van der Waals surface area contributed by atoms with Gasteiger partial charge in [-0.1, -0.05) is 190 Å². The normalized spacial score (nSPS) is 15.6. The Morgan fingerprint density at radius 1 is 0.318 bits per heavy atom. The van der Waals surface area contributed by atoms with Crippen LogP contribution in [-0.2, 0) is 10.8 Å². The zero-order valence-corrected chi connectivity index (χ0v) is 37.5. The van der Waals surface area contributed by atoms with Gasteiger partial charge in [-0.25, -0.2) is 0 Å². The van der Waals surface area contributed by atoms with Crippen LogP contribution in [0, 0.1) is 0 Å². The highest BCUT2D eigenvalue weighted by atomic mass is 32.1. The first kappa shape index (κ1) is 37.6. The number of anilines is 3. The van der Waals surface area contributed by atoms with Crippen molar-refractivity contribution >= 4 is 48.6 Å². The van der Waals surface area contributed by atoms with Gasteiger partial charge in [-0.2, -0.15) is 0 Å². The summed E-state index contributed by atoms with van der Waals surface area (Å²) in [5.74, 6) is 0. The highest BCUT2D eigenvalue weighted by Crippen LogP contribution is 2.64. The summed E-state index contributed by atoms with van der Waals surface area (Å²) in [6.45, 7) is 4.75. The summed E-state index contributed by atoms with van der Waals surface area (Å²) >= 11 is 1.89. The van der Waals surface area contributed by atoms with Gasteiger partial charge in [-0.3, -0.25) is 0 Å². The summed E-state index contributed by atoms with van der Waals surface area (Å²) in [5.41, 5.74) is 23.8. The topological polar surface area (TPSA) is 3.24 Å². The first-order chi connectivity index (χ1) is 32.5. The molecule has 0 N–H and O–H groups in total. The average Bonchev–Trinajstić information content (AvgIpc) is 4.06. The molecule has 10 aromatic carbocycles. The lowest BCUT2D eigenvalue weighted by Gasteiger charge is -2.31. The fourth-order valence-electron chi connectivity index (χ4n) is 12.1. The van der Waals surface area contributed by atoms with E-state index in [2.05, 4.69) is 243 Å². The number of fused-ring (bicyclic) bond motifs is 16. The average molecular weight is 858 g/mol. The number of benzene rings is 10. The molecule has 310 valence electrons. The van der Waals surface area contributed by atoms with E-state index in [1.54, 1.807) is 0 Å². The molecule has 0 saturated heterocycles. The minimum absolute atomic E-state index is 0.132. The van der Waals surface area contributed by atoms with Gasteiger partial charge in [-0.05, 0) is 138 Å². The molecule has 1 unspecified atom stereocenters. The Labute approximate surface area is 389 Å². The number of thiophene rings is 1. The van der Waals surface area contributed by atoms with Crippen LogP contribution in [0.15, 0.2) is 224 Å². The van der Waals surface area contributed by atoms with Crippen molar-refractivity contribution in [2.45, 2.75) is 24.7 Å². The van der Waals surface area contributed by atoms with Crippen molar-refractivity contribution in [1.82, 2.24) is 0 Å². The summed E-state index contributed by atoms with van der Waals surface area (Å²) in [7, 11) is 0. The molecule has 11 aromatic rings. The van der Waals surface area contributed by atoms with Gasteiger partial charge >= 0.3 is 0 Å². The lowest BCUT2D eigenvalue weighted by atomic mass is 9.70. The standard InChI is InChI=1S/C64H43NS/c1-63(2)55-23-10-6-17-47(55)50-34-32-45(39-60(50)63)65(43-30-27-41(28-31-43)46-21-14-22-52-51-20-9-13-26-61(51)66-62(46)52)44-33-36-59-54(38-44)49-19-8-12-25-57(49)64(59)56-24-11-7-18-48(56)53-37-42(29-35-58(53)64)40-15-4-3-5-16-40/h3-39H,1-2H3. The summed E-state index contributed by atoms with van der Waals surface area (Å²) in [5, 5.41) is 2.64. The van der Waals surface area contributed by atoms with Crippen LogP contribution in [0.5, 0.6) is 0 Å². The molecule has 1 heterocycles. The minimum Gasteiger partial charge on any atom is -0.310 e. The quantitative estimate of drug-likeness (QED) is 0.167. The van der Waals surface area contributed by atoms with Gasteiger partial charge < -0.3 is 4.90 Å². The second-order valence-electron chi connectivity index (χ2n) is 18.8. The number of hydrogen-bond donors (Lipinski definition) is 0. The van der Waals surface area contributed by atoms with Crippen LogP contribution in [-0.4, -0.2) is 0 Å². The molecule has 0 radical (unpaired) electrons. The smallest absolute Gasteiger partial charge is 0.0725 e.